The van der Waals surface area contributed by atoms with Crippen LogP contribution in [0.3, 0.4) is 0 Å². The Bertz CT molecular complexity index is 925. The van der Waals surface area contributed by atoms with Crippen LogP contribution < -0.4 is 10.1 Å². The average molecular weight is 351 g/mol. The number of amides is 1. The van der Waals surface area contributed by atoms with Gasteiger partial charge >= 0.3 is 0 Å². The normalized spacial score (nSPS) is 14.8. The van der Waals surface area contributed by atoms with E-state index in [0.717, 1.165) is 35.7 Å². The molecule has 26 heavy (non-hydrogen) atoms. The molecule has 7 nitrogen and oxygen atoms in total. The summed E-state index contributed by atoms with van der Waals surface area (Å²) >= 11 is 0. The summed E-state index contributed by atoms with van der Waals surface area (Å²) in [5.74, 6) is 1.76. The minimum Gasteiger partial charge on any atom is -0.497 e. The molecule has 134 valence electrons. The molecule has 1 atom stereocenters. The van der Waals surface area contributed by atoms with Crippen LogP contribution in [-0.2, 0) is 7.05 Å². The van der Waals surface area contributed by atoms with Gasteiger partial charge in [-0.2, -0.15) is 5.10 Å². The number of hydrogen-bond acceptors (Lipinski definition) is 4. The Morgan fingerprint density at radius 3 is 2.92 bits per heavy atom. The molecular formula is C19H21N5O2. The van der Waals surface area contributed by atoms with Crippen molar-refractivity contribution in [2.75, 3.05) is 7.11 Å². The first kappa shape index (κ1) is 16.4. The zero-order chi connectivity index (χ0) is 18.1. The summed E-state index contributed by atoms with van der Waals surface area (Å²) in [4.78, 5) is 17.2. The summed E-state index contributed by atoms with van der Waals surface area (Å²) in [6.07, 6.45) is 5.88. The van der Waals surface area contributed by atoms with Gasteiger partial charge in [0.15, 0.2) is 0 Å². The Balaban J connectivity index is 1.63. The van der Waals surface area contributed by atoms with E-state index < -0.39 is 6.04 Å². The number of carbonyl (C=O) groups excluding carboxylic acids is 1. The van der Waals surface area contributed by atoms with E-state index in [1.54, 1.807) is 13.3 Å². The highest BCUT2D eigenvalue weighted by atomic mass is 16.5. The molecule has 0 radical (unpaired) electrons. The van der Waals surface area contributed by atoms with E-state index in [1.165, 1.54) is 0 Å². The topological polar surface area (TPSA) is 84.8 Å². The Kier molecular flexibility index (Phi) is 4.20. The van der Waals surface area contributed by atoms with Gasteiger partial charge in [-0.25, -0.2) is 4.98 Å². The number of hydrogen-bond donors (Lipinski definition) is 2. The molecule has 1 saturated carbocycles. The molecular weight excluding hydrogens is 330 g/mol. The van der Waals surface area contributed by atoms with Gasteiger partial charge in [0.05, 0.1) is 7.11 Å². The fourth-order valence-electron chi connectivity index (χ4n) is 3.03. The molecule has 2 heterocycles. The van der Waals surface area contributed by atoms with Crippen molar-refractivity contribution in [3.05, 3.63) is 65.5 Å². The molecule has 1 aromatic carbocycles. The van der Waals surface area contributed by atoms with Crippen molar-refractivity contribution < 1.29 is 9.53 Å². The van der Waals surface area contributed by atoms with E-state index in [9.17, 15) is 4.79 Å². The van der Waals surface area contributed by atoms with Crippen molar-refractivity contribution in [3.63, 3.8) is 0 Å². The third-order valence-corrected chi connectivity index (χ3v) is 4.67. The molecule has 1 fully saturated rings. The molecule has 1 unspecified atom stereocenters. The van der Waals surface area contributed by atoms with Gasteiger partial charge < -0.3 is 14.6 Å². The third kappa shape index (κ3) is 3.20. The SMILES string of the molecule is COc1cccc(C(NC(=O)c2cc(C3CC3)[nH]n2)c2nccn2C)c1. The van der Waals surface area contributed by atoms with E-state index in [-0.39, 0.29) is 5.91 Å². The van der Waals surface area contributed by atoms with Crippen LogP contribution in [0.25, 0.3) is 0 Å². The minimum absolute atomic E-state index is 0.232. The van der Waals surface area contributed by atoms with Crippen molar-refractivity contribution in [2.45, 2.75) is 24.8 Å². The number of nitrogens with one attached hydrogen (secondary N) is 2. The lowest BCUT2D eigenvalue weighted by Crippen LogP contribution is -2.31. The van der Waals surface area contributed by atoms with Gasteiger partial charge in [-0.05, 0) is 36.6 Å². The largest absolute Gasteiger partial charge is 0.497 e. The van der Waals surface area contributed by atoms with Crippen LogP contribution in [0, 0.1) is 0 Å². The average Bonchev–Trinajstić information content (AvgIpc) is 3.23. The second-order valence-electron chi connectivity index (χ2n) is 6.56. The number of aryl methyl sites for hydroxylation is 1. The maximum absolute atomic E-state index is 12.8. The van der Waals surface area contributed by atoms with E-state index in [1.807, 2.05) is 48.1 Å². The van der Waals surface area contributed by atoms with Gasteiger partial charge in [0.1, 0.15) is 23.3 Å². The summed E-state index contributed by atoms with van der Waals surface area (Å²) in [7, 11) is 3.53. The highest BCUT2D eigenvalue weighted by Crippen LogP contribution is 2.39. The summed E-state index contributed by atoms with van der Waals surface area (Å²) < 4.78 is 7.22. The quantitative estimate of drug-likeness (QED) is 0.715. The number of methoxy groups -OCH3 is 1. The highest BCUT2D eigenvalue weighted by Gasteiger charge is 2.28. The maximum atomic E-state index is 12.8. The fraction of sp³-hybridized carbons (Fsp3) is 0.316. The molecule has 1 aliphatic carbocycles. The summed E-state index contributed by atoms with van der Waals surface area (Å²) in [6.45, 7) is 0. The lowest BCUT2D eigenvalue weighted by atomic mass is 10.1. The van der Waals surface area contributed by atoms with E-state index in [4.69, 9.17) is 4.74 Å². The van der Waals surface area contributed by atoms with Crippen LogP contribution in [-0.4, -0.2) is 32.8 Å². The van der Waals surface area contributed by atoms with Gasteiger partial charge in [0.2, 0.25) is 0 Å². The summed E-state index contributed by atoms with van der Waals surface area (Å²) in [6, 6.07) is 9.06. The van der Waals surface area contributed by atoms with Crippen LogP contribution >= 0.6 is 0 Å². The molecule has 4 rings (SSSR count). The predicted octanol–water partition coefficient (Wildman–Crippen LogP) is 2.55. The Morgan fingerprint density at radius 1 is 1.38 bits per heavy atom. The van der Waals surface area contributed by atoms with Crippen LogP contribution in [0.1, 0.15) is 52.4 Å². The molecule has 2 aromatic heterocycles. The minimum atomic E-state index is -0.404. The molecule has 3 aromatic rings. The number of carbonyl (C=O) groups is 1. The standard InChI is InChI=1S/C19H21N5O2/c1-24-9-8-20-18(24)17(13-4-3-5-14(10-13)26-2)21-19(25)16-11-15(22-23-16)12-6-7-12/h3-5,8-12,17H,6-7H2,1-2H3,(H,21,25)(H,22,23). The number of rotatable bonds is 6. The van der Waals surface area contributed by atoms with Gasteiger partial charge in [-0.3, -0.25) is 9.89 Å². The Labute approximate surface area is 151 Å². The van der Waals surface area contributed by atoms with Crippen molar-refractivity contribution >= 4 is 5.91 Å². The van der Waals surface area contributed by atoms with Crippen molar-refractivity contribution in [2.24, 2.45) is 7.05 Å². The van der Waals surface area contributed by atoms with Crippen LogP contribution in [0.4, 0.5) is 0 Å². The molecule has 0 saturated heterocycles. The molecule has 2 N–H and O–H groups in total. The number of nitrogens with zero attached hydrogens (tertiary/aromatic N) is 3. The lowest BCUT2D eigenvalue weighted by Gasteiger charge is -2.19. The smallest absolute Gasteiger partial charge is 0.272 e. The van der Waals surface area contributed by atoms with Crippen LogP contribution in [0.15, 0.2) is 42.7 Å². The first-order valence-corrected chi connectivity index (χ1v) is 8.63. The zero-order valence-electron chi connectivity index (χ0n) is 14.8. The van der Waals surface area contributed by atoms with Crippen molar-refractivity contribution in [1.82, 2.24) is 25.1 Å². The molecule has 1 amide bonds. The highest BCUT2D eigenvalue weighted by molar-refractivity contribution is 5.92. The van der Waals surface area contributed by atoms with Crippen molar-refractivity contribution in [1.29, 1.82) is 0 Å². The second-order valence-corrected chi connectivity index (χ2v) is 6.56. The van der Waals surface area contributed by atoms with Gasteiger partial charge in [-0.1, -0.05) is 12.1 Å². The van der Waals surface area contributed by atoms with E-state index in [0.29, 0.717) is 11.6 Å². The third-order valence-electron chi connectivity index (χ3n) is 4.67. The molecule has 0 spiro atoms. The summed E-state index contributed by atoms with van der Waals surface area (Å²) in [5, 5.41) is 10.2. The number of H-pyrrole nitrogens is 1. The zero-order valence-corrected chi connectivity index (χ0v) is 14.8. The number of ether oxygens (including phenoxy) is 1. The first-order valence-electron chi connectivity index (χ1n) is 8.63. The van der Waals surface area contributed by atoms with E-state index in [2.05, 4.69) is 20.5 Å². The van der Waals surface area contributed by atoms with Crippen LogP contribution in [0.5, 0.6) is 5.75 Å². The second kappa shape index (κ2) is 6.67. The van der Waals surface area contributed by atoms with Gasteiger partial charge in [-0.15, -0.1) is 0 Å². The predicted molar refractivity (Wildman–Crippen MR) is 96.1 cm³/mol. The molecule has 7 heteroatoms. The molecule has 1 aliphatic rings. The number of imidazole rings is 1. The molecule has 0 aliphatic heterocycles. The summed E-state index contributed by atoms with van der Waals surface area (Å²) in [5.41, 5.74) is 2.32. The monoisotopic (exact) mass is 351 g/mol. The Hall–Kier alpha value is -3.09. The molecule has 0 bridgehead atoms. The van der Waals surface area contributed by atoms with E-state index >= 15 is 0 Å². The number of benzene rings is 1. The van der Waals surface area contributed by atoms with Gasteiger partial charge in [0, 0.05) is 31.1 Å². The van der Waals surface area contributed by atoms with Crippen LogP contribution in [0.2, 0.25) is 0 Å². The fourth-order valence-corrected chi connectivity index (χ4v) is 3.03. The van der Waals surface area contributed by atoms with Gasteiger partial charge in [0.25, 0.3) is 5.91 Å². The van der Waals surface area contributed by atoms with Crippen molar-refractivity contribution in [3.8, 4) is 5.75 Å². The maximum Gasteiger partial charge on any atom is 0.272 e. The Morgan fingerprint density at radius 2 is 2.23 bits per heavy atom. The lowest BCUT2D eigenvalue weighted by molar-refractivity contribution is 0.0936. The number of aromatic amines is 1. The number of aromatic nitrogens is 4. The first-order chi connectivity index (χ1) is 12.7.